The molecule has 2 aromatic carbocycles. The molecule has 0 saturated carbocycles. The maximum absolute atomic E-state index is 12.1. The fourth-order valence-corrected chi connectivity index (χ4v) is 2.98. The minimum Gasteiger partial charge on any atom is -0.295 e. The summed E-state index contributed by atoms with van der Waals surface area (Å²) in [7, 11) is -3.55. The van der Waals surface area contributed by atoms with Gasteiger partial charge in [-0.05, 0) is 43.2 Å². The van der Waals surface area contributed by atoms with Crippen molar-refractivity contribution >= 4 is 15.8 Å². The molecule has 2 rings (SSSR count). The Hall–Kier alpha value is -2.42. The highest BCUT2D eigenvalue weighted by atomic mass is 32.2. The van der Waals surface area contributed by atoms with Gasteiger partial charge in [0.2, 0.25) is 10.0 Å². The molecule has 0 amide bonds. The van der Waals surface area contributed by atoms with Gasteiger partial charge in [-0.1, -0.05) is 43.0 Å². The summed E-state index contributed by atoms with van der Waals surface area (Å²) in [6.07, 6.45) is 0.863. The van der Waals surface area contributed by atoms with Crippen LogP contribution >= 0.6 is 0 Å². The van der Waals surface area contributed by atoms with Gasteiger partial charge >= 0.3 is 0 Å². The van der Waals surface area contributed by atoms with Crippen LogP contribution in [0.1, 0.15) is 35.3 Å². The average molecular weight is 341 g/mol. The van der Waals surface area contributed by atoms with E-state index in [0.29, 0.717) is 5.56 Å². The topological polar surface area (TPSA) is 63.2 Å². The molecule has 0 radical (unpaired) electrons. The van der Waals surface area contributed by atoms with Gasteiger partial charge in [0.15, 0.2) is 5.78 Å². The predicted octanol–water partition coefficient (Wildman–Crippen LogP) is 2.78. The molecule has 124 valence electrons. The van der Waals surface area contributed by atoms with Crippen molar-refractivity contribution in [1.82, 2.24) is 4.72 Å². The second-order valence-corrected chi connectivity index (χ2v) is 7.02. The summed E-state index contributed by atoms with van der Waals surface area (Å²) in [5.41, 5.74) is 2.44. The SMILES string of the molecule is CCc1ccc(S(=O)(=O)NCC#Cc2ccc(C(C)=O)cc2)cc1. The summed E-state index contributed by atoms with van der Waals surface area (Å²) in [5.74, 6) is 5.64. The monoisotopic (exact) mass is 341 g/mol. The first-order chi connectivity index (χ1) is 11.4. The van der Waals surface area contributed by atoms with Crippen LogP contribution < -0.4 is 4.72 Å². The summed E-state index contributed by atoms with van der Waals surface area (Å²) >= 11 is 0. The number of carbonyl (C=O) groups excluding carboxylic acids is 1. The van der Waals surface area contributed by atoms with Crippen molar-refractivity contribution in [3.05, 3.63) is 65.2 Å². The fourth-order valence-electron chi connectivity index (χ4n) is 2.05. The van der Waals surface area contributed by atoms with Crippen LogP contribution in [0.15, 0.2) is 53.4 Å². The van der Waals surface area contributed by atoms with Crippen molar-refractivity contribution in [1.29, 1.82) is 0 Å². The Morgan fingerprint density at radius 2 is 1.67 bits per heavy atom. The molecule has 0 aliphatic rings. The number of hydrogen-bond donors (Lipinski definition) is 1. The molecule has 24 heavy (non-hydrogen) atoms. The van der Waals surface area contributed by atoms with Gasteiger partial charge in [0.05, 0.1) is 11.4 Å². The van der Waals surface area contributed by atoms with Crippen molar-refractivity contribution in [3.63, 3.8) is 0 Å². The van der Waals surface area contributed by atoms with E-state index < -0.39 is 10.0 Å². The fraction of sp³-hybridized carbons (Fsp3) is 0.211. The molecular weight excluding hydrogens is 322 g/mol. The molecule has 0 aliphatic heterocycles. The smallest absolute Gasteiger partial charge is 0.241 e. The maximum Gasteiger partial charge on any atom is 0.241 e. The first-order valence-electron chi connectivity index (χ1n) is 7.61. The molecular formula is C19H19NO3S. The zero-order valence-electron chi connectivity index (χ0n) is 13.7. The van der Waals surface area contributed by atoms with E-state index in [4.69, 9.17) is 0 Å². The van der Waals surface area contributed by atoms with Crippen LogP contribution in [0.25, 0.3) is 0 Å². The summed E-state index contributed by atoms with van der Waals surface area (Å²) in [5, 5.41) is 0. The molecule has 1 N–H and O–H groups in total. The third-order valence-corrected chi connectivity index (χ3v) is 4.93. The first kappa shape index (κ1) is 17.9. The van der Waals surface area contributed by atoms with E-state index >= 15 is 0 Å². The Kier molecular flexibility index (Phi) is 5.91. The highest BCUT2D eigenvalue weighted by Gasteiger charge is 2.11. The van der Waals surface area contributed by atoms with Gasteiger partial charge in [-0.15, -0.1) is 0 Å². The highest BCUT2D eigenvalue weighted by Crippen LogP contribution is 2.10. The van der Waals surface area contributed by atoms with E-state index in [2.05, 4.69) is 16.6 Å². The summed E-state index contributed by atoms with van der Waals surface area (Å²) < 4.78 is 26.7. The Bertz CT molecular complexity index is 871. The van der Waals surface area contributed by atoms with Crippen LogP contribution in [-0.4, -0.2) is 20.7 Å². The lowest BCUT2D eigenvalue weighted by Gasteiger charge is -2.04. The van der Waals surface area contributed by atoms with Crippen LogP contribution in [0, 0.1) is 11.8 Å². The van der Waals surface area contributed by atoms with E-state index in [9.17, 15) is 13.2 Å². The normalized spacial score (nSPS) is 10.8. The van der Waals surface area contributed by atoms with Gasteiger partial charge in [0.25, 0.3) is 0 Å². The zero-order valence-corrected chi connectivity index (χ0v) is 14.5. The molecule has 0 aromatic heterocycles. The number of nitrogens with one attached hydrogen (secondary N) is 1. The molecule has 5 heteroatoms. The minimum absolute atomic E-state index is 0.00337. The van der Waals surface area contributed by atoms with E-state index in [1.807, 2.05) is 6.92 Å². The van der Waals surface area contributed by atoms with Crippen LogP contribution in [0.5, 0.6) is 0 Å². The minimum atomic E-state index is -3.55. The number of benzene rings is 2. The molecule has 0 atom stereocenters. The largest absolute Gasteiger partial charge is 0.295 e. The quantitative estimate of drug-likeness (QED) is 0.672. The molecule has 0 heterocycles. The van der Waals surface area contributed by atoms with Gasteiger partial charge in [-0.3, -0.25) is 4.79 Å². The van der Waals surface area contributed by atoms with E-state index in [1.165, 1.54) is 6.92 Å². The number of Topliss-reactive ketones (excluding diaryl/α,β-unsaturated/α-hetero) is 1. The summed E-state index contributed by atoms with van der Waals surface area (Å²) in [6.45, 7) is 3.54. The van der Waals surface area contributed by atoms with E-state index in [-0.39, 0.29) is 17.2 Å². The number of hydrogen-bond acceptors (Lipinski definition) is 3. The molecule has 4 nitrogen and oxygen atoms in total. The Morgan fingerprint density at radius 1 is 1.04 bits per heavy atom. The maximum atomic E-state index is 12.1. The number of carbonyl (C=O) groups is 1. The molecule has 0 saturated heterocycles. The second kappa shape index (κ2) is 7.91. The summed E-state index contributed by atoms with van der Waals surface area (Å²) in [4.78, 5) is 11.4. The van der Waals surface area contributed by atoms with Gasteiger partial charge in [0, 0.05) is 11.1 Å². The van der Waals surface area contributed by atoms with Crippen LogP contribution in [0.3, 0.4) is 0 Å². The van der Waals surface area contributed by atoms with Crippen molar-refractivity contribution in [2.45, 2.75) is 25.2 Å². The average Bonchev–Trinajstić information content (AvgIpc) is 2.59. The Labute approximate surface area is 143 Å². The molecule has 2 aromatic rings. The summed E-state index contributed by atoms with van der Waals surface area (Å²) in [6, 6.07) is 13.7. The predicted molar refractivity (Wildman–Crippen MR) is 94.3 cm³/mol. The van der Waals surface area contributed by atoms with Crippen molar-refractivity contribution < 1.29 is 13.2 Å². The number of ketones is 1. The van der Waals surface area contributed by atoms with E-state index in [0.717, 1.165) is 17.5 Å². The van der Waals surface area contributed by atoms with Crippen LogP contribution in [-0.2, 0) is 16.4 Å². The Morgan fingerprint density at radius 3 is 2.21 bits per heavy atom. The lowest BCUT2D eigenvalue weighted by Crippen LogP contribution is -2.24. The third kappa shape index (κ3) is 4.79. The molecule has 0 aliphatic carbocycles. The molecule has 0 spiro atoms. The van der Waals surface area contributed by atoms with Crippen LogP contribution in [0.4, 0.5) is 0 Å². The lowest BCUT2D eigenvalue weighted by atomic mass is 10.1. The van der Waals surface area contributed by atoms with Crippen molar-refractivity contribution in [2.24, 2.45) is 0 Å². The lowest BCUT2D eigenvalue weighted by molar-refractivity contribution is 0.101. The van der Waals surface area contributed by atoms with Gasteiger partial charge in [-0.2, -0.15) is 4.72 Å². The highest BCUT2D eigenvalue weighted by molar-refractivity contribution is 7.89. The van der Waals surface area contributed by atoms with Gasteiger partial charge < -0.3 is 0 Å². The standard InChI is InChI=1S/C19H19NO3S/c1-3-16-8-12-19(13-9-16)24(22,23)20-14-4-5-17-6-10-18(11-7-17)15(2)21/h6-13,20H,3,14H2,1-2H3. The van der Waals surface area contributed by atoms with Crippen molar-refractivity contribution in [3.8, 4) is 11.8 Å². The number of aryl methyl sites for hydroxylation is 1. The van der Waals surface area contributed by atoms with Gasteiger partial charge in [-0.25, -0.2) is 8.42 Å². The Balaban J connectivity index is 1.99. The van der Waals surface area contributed by atoms with Crippen molar-refractivity contribution in [2.75, 3.05) is 6.54 Å². The molecule has 0 bridgehead atoms. The zero-order chi connectivity index (χ0) is 17.6. The van der Waals surface area contributed by atoms with Crippen LogP contribution in [0.2, 0.25) is 0 Å². The molecule has 0 unspecified atom stereocenters. The third-order valence-electron chi connectivity index (χ3n) is 3.52. The number of rotatable bonds is 5. The van der Waals surface area contributed by atoms with E-state index in [1.54, 1.807) is 48.5 Å². The molecule has 0 fully saturated rings. The second-order valence-electron chi connectivity index (χ2n) is 5.26. The first-order valence-corrected chi connectivity index (χ1v) is 9.09. The number of sulfonamides is 1. The van der Waals surface area contributed by atoms with Gasteiger partial charge in [0.1, 0.15) is 0 Å².